The van der Waals surface area contributed by atoms with Gasteiger partial charge in [-0.25, -0.2) is 0 Å². The number of nitrogens with one attached hydrogen (secondary N) is 1. The van der Waals surface area contributed by atoms with Gasteiger partial charge in [0.15, 0.2) is 11.5 Å². The summed E-state index contributed by atoms with van der Waals surface area (Å²) in [6.07, 6.45) is 4.12. The Hall–Kier alpha value is -2.97. The number of rotatable bonds is 10. The van der Waals surface area contributed by atoms with Gasteiger partial charge in [0.25, 0.3) is 0 Å². The zero-order valence-corrected chi connectivity index (χ0v) is 20.2. The molecule has 2 saturated heterocycles. The fourth-order valence-electron chi connectivity index (χ4n) is 5.46. The molecular weight excluding hydrogens is 460 g/mol. The van der Waals surface area contributed by atoms with E-state index < -0.39 is 12.1 Å². The van der Waals surface area contributed by atoms with Crippen molar-refractivity contribution in [3.05, 3.63) is 48.0 Å². The van der Waals surface area contributed by atoms with Gasteiger partial charge < -0.3 is 29.4 Å². The third-order valence-electron chi connectivity index (χ3n) is 7.30. The highest BCUT2D eigenvalue weighted by atomic mass is 16.6. The molecule has 8 heteroatoms. The number of methoxy groups -OCH3 is 1. The molecule has 0 unspecified atom stereocenters. The lowest BCUT2D eigenvalue weighted by Crippen LogP contribution is -2.48. The summed E-state index contributed by atoms with van der Waals surface area (Å²) < 4.78 is 22.2. The lowest BCUT2D eigenvalue weighted by Gasteiger charge is -2.32. The van der Waals surface area contributed by atoms with E-state index in [9.17, 15) is 9.90 Å². The third-order valence-corrected chi connectivity index (χ3v) is 7.30. The fourth-order valence-corrected chi connectivity index (χ4v) is 5.46. The second-order valence-corrected chi connectivity index (χ2v) is 9.46. The van der Waals surface area contributed by atoms with Crippen molar-refractivity contribution in [1.82, 2.24) is 10.2 Å². The molecule has 2 bridgehead atoms. The molecule has 2 aromatic carbocycles. The average Bonchev–Trinajstić information content (AvgIpc) is 3.47. The number of fused-ring (bicyclic) bond motifs is 3. The minimum Gasteiger partial charge on any atom is -0.497 e. The second kappa shape index (κ2) is 11.8. The number of amides is 1. The first kappa shape index (κ1) is 26.1. The highest BCUT2D eigenvalue weighted by Crippen LogP contribution is 2.39. The predicted molar refractivity (Wildman–Crippen MR) is 137 cm³/mol. The van der Waals surface area contributed by atoms with E-state index in [1.165, 1.54) is 25.7 Å². The number of nitrogens with zero attached hydrogens (tertiary/aromatic N) is 1. The largest absolute Gasteiger partial charge is 0.497 e. The van der Waals surface area contributed by atoms with Gasteiger partial charge in [-0.3, -0.25) is 9.69 Å². The molecule has 36 heavy (non-hydrogen) atoms. The molecule has 3 aliphatic heterocycles. The van der Waals surface area contributed by atoms with E-state index in [-0.39, 0.29) is 26.4 Å². The maximum absolute atomic E-state index is 12.9. The first-order valence-electron chi connectivity index (χ1n) is 12.5. The normalized spacial score (nSPS) is 21.8. The van der Waals surface area contributed by atoms with Crippen molar-refractivity contribution in [1.29, 1.82) is 0 Å². The molecule has 8 nitrogen and oxygen atoms in total. The third kappa shape index (κ3) is 5.87. The van der Waals surface area contributed by atoms with Gasteiger partial charge in [0, 0.05) is 18.6 Å². The van der Waals surface area contributed by atoms with E-state index in [1.54, 1.807) is 7.11 Å². The Morgan fingerprint density at radius 3 is 2.33 bits per heavy atom. The summed E-state index contributed by atoms with van der Waals surface area (Å²) in [5.74, 6) is 2.60. The molecule has 0 radical (unpaired) electrons. The van der Waals surface area contributed by atoms with Gasteiger partial charge >= 0.3 is 0 Å². The molecule has 2 atom stereocenters. The lowest BCUT2D eigenvalue weighted by atomic mass is 10.0. The van der Waals surface area contributed by atoms with Crippen LogP contribution in [0.3, 0.4) is 0 Å². The number of carbonyl (C=O) groups excluding carboxylic acids is 1. The molecule has 0 aliphatic carbocycles. The standard InChI is InChI=1S/C27H34N2O6.CH4/c1-32-21-7-9-22(10-8-21)33-13-12-26(30)28-23(17-29-19-3-4-20(29)6-5-19)27(31)18-2-11-24-25(16-18)35-15-14-34-24;/h2,7-11,16,19-20,23,27,31H,3-6,12-15,17H2,1H3,(H,28,30);1H4/t19?,20?,23-,27-;/m1./s1. The molecule has 3 aliphatic rings. The van der Waals surface area contributed by atoms with Crippen molar-refractivity contribution in [3.63, 3.8) is 0 Å². The molecule has 196 valence electrons. The summed E-state index contributed by atoms with van der Waals surface area (Å²) in [6, 6.07) is 13.4. The van der Waals surface area contributed by atoms with Crippen molar-refractivity contribution in [2.75, 3.05) is 33.5 Å². The molecule has 2 N–H and O–H groups in total. The Morgan fingerprint density at radius 1 is 1.03 bits per heavy atom. The summed E-state index contributed by atoms with van der Waals surface area (Å²) in [6.45, 7) is 1.87. The fraction of sp³-hybridized carbons (Fsp3) is 0.536. The summed E-state index contributed by atoms with van der Waals surface area (Å²) in [5.41, 5.74) is 0.709. The van der Waals surface area contributed by atoms with Crippen LogP contribution in [0.1, 0.15) is 51.2 Å². The Bertz CT molecular complexity index is 994. The van der Waals surface area contributed by atoms with Crippen LogP contribution in [0.2, 0.25) is 0 Å². The minimum absolute atomic E-state index is 0. The topological polar surface area (TPSA) is 89.5 Å². The van der Waals surface area contributed by atoms with Gasteiger partial charge in [0.2, 0.25) is 5.91 Å². The zero-order chi connectivity index (χ0) is 24.2. The Kier molecular flexibility index (Phi) is 8.59. The smallest absolute Gasteiger partial charge is 0.223 e. The number of aliphatic hydroxyl groups excluding tert-OH is 1. The number of hydrogen-bond acceptors (Lipinski definition) is 7. The summed E-state index contributed by atoms with van der Waals surface area (Å²) >= 11 is 0. The van der Waals surface area contributed by atoms with Crippen LogP contribution in [0.15, 0.2) is 42.5 Å². The van der Waals surface area contributed by atoms with Crippen molar-refractivity contribution in [2.24, 2.45) is 0 Å². The number of aliphatic hydroxyl groups is 1. The molecule has 2 fully saturated rings. The molecule has 0 saturated carbocycles. The maximum Gasteiger partial charge on any atom is 0.223 e. The Morgan fingerprint density at radius 2 is 1.67 bits per heavy atom. The zero-order valence-electron chi connectivity index (χ0n) is 20.2. The Balaban J connectivity index is 0.00000304. The predicted octanol–water partition coefficient (Wildman–Crippen LogP) is 3.72. The van der Waals surface area contributed by atoms with Crippen LogP contribution in [0, 0.1) is 0 Å². The van der Waals surface area contributed by atoms with Crippen LogP contribution >= 0.6 is 0 Å². The second-order valence-electron chi connectivity index (χ2n) is 9.46. The molecule has 5 rings (SSSR count). The molecular formula is C28H38N2O6. The molecule has 1 amide bonds. The first-order valence-corrected chi connectivity index (χ1v) is 12.5. The highest BCUT2D eigenvalue weighted by Gasteiger charge is 2.41. The van der Waals surface area contributed by atoms with Gasteiger partial charge in [-0.05, 0) is 67.6 Å². The van der Waals surface area contributed by atoms with Crippen molar-refractivity contribution < 1.29 is 28.8 Å². The van der Waals surface area contributed by atoms with E-state index in [1.807, 2.05) is 42.5 Å². The van der Waals surface area contributed by atoms with Crippen LogP contribution in [0.5, 0.6) is 23.0 Å². The molecule has 0 spiro atoms. The lowest BCUT2D eigenvalue weighted by molar-refractivity contribution is -0.123. The Labute approximate surface area is 213 Å². The van der Waals surface area contributed by atoms with E-state index in [0.717, 1.165) is 5.75 Å². The molecule has 3 heterocycles. The van der Waals surface area contributed by atoms with Gasteiger partial charge in [-0.15, -0.1) is 0 Å². The van der Waals surface area contributed by atoms with E-state index >= 15 is 0 Å². The molecule has 0 aromatic heterocycles. The van der Waals surface area contributed by atoms with E-state index in [2.05, 4.69) is 10.2 Å². The number of carbonyl (C=O) groups is 1. The number of benzene rings is 2. The van der Waals surface area contributed by atoms with Crippen LogP contribution in [-0.4, -0.2) is 67.5 Å². The summed E-state index contributed by atoms with van der Waals surface area (Å²) in [7, 11) is 1.61. The van der Waals surface area contributed by atoms with Gasteiger partial charge in [0.05, 0.1) is 26.2 Å². The van der Waals surface area contributed by atoms with E-state index in [4.69, 9.17) is 18.9 Å². The van der Waals surface area contributed by atoms with Gasteiger partial charge in [-0.2, -0.15) is 0 Å². The van der Waals surface area contributed by atoms with Crippen molar-refractivity contribution in [3.8, 4) is 23.0 Å². The number of ether oxygens (including phenoxy) is 4. The highest BCUT2D eigenvalue weighted by molar-refractivity contribution is 5.76. The van der Waals surface area contributed by atoms with Crippen molar-refractivity contribution in [2.45, 2.75) is 63.8 Å². The SMILES string of the molecule is C.COc1ccc(OCCC(=O)N[C@H](CN2C3CCC2CC3)[C@H](O)c2ccc3c(c2)OCCO3)cc1. The first-order chi connectivity index (χ1) is 17.1. The molecule has 2 aromatic rings. The summed E-state index contributed by atoms with van der Waals surface area (Å²) in [4.78, 5) is 15.4. The minimum atomic E-state index is -0.864. The quantitative estimate of drug-likeness (QED) is 0.516. The number of hydrogen-bond donors (Lipinski definition) is 2. The van der Waals surface area contributed by atoms with Crippen LogP contribution in [0.25, 0.3) is 0 Å². The average molecular weight is 499 g/mol. The van der Waals surface area contributed by atoms with Crippen LogP contribution < -0.4 is 24.3 Å². The van der Waals surface area contributed by atoms with Crippen LogP contribution in [0.4, 0.5) is 0 Å². The van der Waals surface area contributed by atoms with Crippen molar-refractivity contribution >= 4 is 5.91 Å². The van der Waals surface area contributed by atoms with E-state index in [0.29, 0.717) is 54.7 Å². The van der Waals surface area contributed by atoms with Gasteiger partial charge in [0.1, 0.15) is 30.8 Å². The van der Waals surface area contributed by atoms with Crippen LogP contribution in [-0.2, 0) is 4.79 Å². The summed E-state index contributed by atoms with van der Waals surface area (Å²) in [5, 5.41) is 14.4. The monoisotopic (exact) mass is 498 g/mol. The maximum atomic E-state index is 12.9. The van der Waals surface area contributed by atoms with Gasteiger partial charge in [-0.1, -0.05) is 13.5 Å².